The maximum Gasteiger partial charge on any atom is 0.224 e. The van der Waals surface area contributed by atoms with Crippen LogP contribution in [0.3, 0.4) is 0 Å². The van der Waals surface area contributed by atoms with Gasteiger partial charge in [0.25, 0.3) is 0 Å². The fourth-order valence-electron chi connectivity index (χ4n) is 3.58. The third kappa shape index (κ3) is 5.95. The predicted octanol–water partition coefficient (Wildman–Crippen LogP) is 2.57. The molecular formula is C23H30FN5O. The van der Waals surface area contributed by atoms with Crippen LogP contribution in [0.4, 0.5) is 10.1 Å². The number of guanidine groups is 1. The van der Waals surface area contributed by atoms with Crippen LogP contribution < -0.4 is 10.2 Å². The Morgan fingerprint density at radius 3 is 2.37 bits per heavy atom. The molecule has 0 atom stereocenters. The van der Waals surface area contributed by atoms with Gasteiger partial charge in [0.05, 0.1) is 0 Å². The first-order chi connectivity index (χ1) is 14.6. The van der Waals surface area contributed by atoms with Gasteiger partial charge < -0.3 is 20.0 Å². The zero-order valence-electron chi connectivity index (χ0n) is 17.7. The zero-order chi connectivity index (χ0) is 21.3. The van der Waals surface area contributed by atoms with Crippen LogP contribution in [0.1, 0.15) is 12.0 Å². The molecule has 0 aromatic heterocycles. The van der Waals surface area contributed by atoms with Crippen molar-refractivity contribution in [1.82, 2.24) is 15.1 Å². The monoisotopic (exact) mass is 411 g/mol. The molecule has 30 heavy (non-hydrogen) atoms. The highest BCUT2D eigenvalue weighted by Gasteiger charge is 2.20. The van der Waals surface area contributed by atoms with E-state index in [1.54, 1.807) is 11.9 Å². The Morgan fingerprint density at radius 1 is 1.07 bits per heavy atom. The number of nitrogens with one attached hydrogen (secondary N) is 1. The molecule has 1 N–H and O–H groups in total. The van der Waals surface area contributed by atoms with E-state index in [2.05, 4.69) is 20.1 Å². The fourth-order valence-corrected chi connectivity index (χ4v) is 3.58. The molecule has 1 aliphatic heterocycles. The van der Waals surface area contributed by atoms with Gasteiger partial charge in [-0.15, -0.1) is 0 Å². The molecule has 1 aliphatic rings. The minimum atomic E-state index is -0.217. The maximum absolute atomic E-state index is 13.1. The van der Waals surface area contributed by atoms with Crippen molar-refractivity contribution < 1.29 is 9.18 Å². The van der Waals surface area contributed by atoms with Gasteiger partial charge in [-0.2, -0.15) is 0 Å². The Hall–Kier alpha value is -3.09. The van der Waals surface area contributed by atoms with Crippen molar-refractivity contribution in [3.8, 4) is 0 Å². The molecule has 0 aliphatic carbocycles. The zero-order valence-corrected chi connectivity index (χ0v) is 17.7. The summed E-state index contributed by atoms with van der Waals surface area (Å²) >= 11 is 0. The van der Waals surface area contributed by atoms with Gasteiger partial charge in [-0.1, -0.05) is 30.3 Å². The van der Waals surface area contributed by atoms with E-state index in [0.717, 1.165) is 43.4 Å². The van der Waals surface area contributed by atoms with Crippen molar-refractivity contribution in [1.29, 1.82) is 0 Å². The van der Waals surface area contributed by atoms with E-state index in [1.165, 1.54) is 12.1 Å². The molecule has 0 unspecified atom stereocenters. The average molecular weight is 412 g/mol. The van der Waals surface area contributed by atoms with E-state index in [0.29, 0.717) is 19.5 Å². The van der Waals surface area contributed by atoms with E-state index in [9.17, 15) is 9.18 Å². The molecule has 7 heteroatoms. The van der Waals surface area contributed by atoms with E-state index >= 15 is 0 Å². The molecule has 1 saturated heterocycles. The van der Waals surface area contributed by atoms with E-state index in [-0.39, 0.29) is 11.7 Å². The number of hydrogen-bond acceptors (Lipinski definition) is 3. The van der Waals surface area contributed by atoms with Crippen LogP contribution >= 0.6 is 0 Å². The summed E-state index contributed by atoms with van der Waals surface area (Å²) in [6.45, 7) is 4.47. The van der Waals surface area contributed by atoms with Crippen molar-refractivity contribution >= 4 is 17.6 Å². The SMILES string of the molecule is CN=C(NCCC(=O)N(C)Cc1ccccc1)N1CCN(c2ccc(F)cc2)CC1. The predicted molar refractivity (Wildman–Crippen MR) is 119 cm³/mol. The molecule has 160 valence electrons. The van der Waals surface area contributed by atoms with E-state index < -0.39 is 0 Å². The van der Waals surface area contributed by atoms with Crippen LogP contribution in [0.15, 0.2) is 59.6 Å². The minimum absolute atomic E-state index is 0.0999. The van der Waals surface area contributed by atoms with Crippen LogP contribution in [0.2, 0.25) is 0 Å². The number of aliphatic imine (C=N–C) groups is 1. The molecule has 0 spiro atoms. The van der Waals surface area contributed by atoms with Crippen molar-refractivity contribution in [3.63, 3.8) is 0 Å². The molecule has 0 saturated carbocycles. The summed E-state index contributed by atoms with van der Waals surface area (Å²) in [6.07, 6.45) is 0.415. The number of nitrogens with zero attached hydrogens (tertiary/aromatic N) is 4. The van der Waals surface area contributed by atoms with Gasteiger partial charge in [0, 0.05) is 65.5 Å². The number of hydrogen-bond donors (Lipinski definition) is 1. The Labute approximate surface area is 178 Å². The topological polar surface area (TPSA) is 51.2 Å². The van der Waals surface area contributed by atoms with Gasteiger partial charge >= 0.3 is 0 Å². The van der Waals surface area contributed by atoms with Crippen molar-refractivity contribution in [2.45, 2.75) is 13.0 Å². The fraction of sp³-hybridized carbons (Fsp3) is 0.391. The number of benzene rings is 2. The summed E-state index contributed by atoms with van der Waals surface area (Å²) < 4.78 is 13.1. The van der Waals surface area contributed by atoms with Gasteiger partial charge in [0.2, 0.25) is 5.91 Å². The number of anilines is 1. The molecule has 0 bridgehead atoms. The lowest BCUT2D eigenvalue weighted by atomic mass is 10.2. The van der Waals surface area contributed by atoms with Gasteiger partial charge in [-0.25, -0.2) is 4.39 Å². The summed E-state index contributed by atoms with van der Waals surface area (Å²) in [5.41, 5.74) is 2.15. The summed E-state index contributed by atoms with van der Waals surface area (Å²) in [5.74, 6) is 0.696. The number of rotatable bonds is 6. The van der Waals surface area contributed by atoms with Crippen LogP contribution in [0.25, 0.3) is 0 Å². The third-order valence-electron chi connectivity index (χ3n) is 5.29. The lowest BCUT2D eigenvalue weighted by molar-refractivity contribution is -0.130. The summed E-state index contributed by atoms with van der Waals surface area (Å²) in [4.78, 5) is 23.0. The van der Waals surface area contributed by atoms with E-state index in [1.807, 2.05) is 49.5 Å². The summed E-state index contributed by atoms with van der Waals surface area (Å²) in [6, 6.07) is 16.6. The van der Waals surface area contributed by atoms with Gasteiger partial charge in [-0.05, 0) is 29.8 Å². The van der Waals surface area contributed by atoms with Crippen molar-refractivity contribution in [2.24, 2.45) is 4.99 Å². The largest absolute Gasteiger partial charge is 0.368 e. The first-order valence-electron chi connectivity index (χ1n) is 10.3. The Balaban J connectivity index is 1.41. The molecule has 1 amide bonds. The smallest absolute Gasteiger partial charge is 0.224 e. The second-order valence-electron chi connectivity index (χ2n) is 7.41. The second-order valence-corrected chi connectivity index (χ2v) is 7.41. The second kappa shape index (κ2) is 10.6. The van der Waals surface area contributed by atoms with E-state index in [4.69, 9.17) is 0 Å². The highest BCUT2D eigenvalue weighted by atomic mass is 19.1. The van der Waals surface area contributed by atoms with Gasteiger partial charge in [0.1, 0.15) is 5.82 Å². The van der Waals surface area contributed by atoms with Crippen LogP contribution in [-0.4, -0.2) is 68.5 Å². The normalized spacial score (nSPS) is 14.6. The first-order valence-corrected chi connectivity index (χ1v) is 10.3. The standard InChI is InChI=1S/C23H30FN5O/c1-25-23(26-13-12-22(30)27(2)18-19-6-4-3-5-7-19)29-16-14-28(15-17-29)21-10-8-20(24)9-11-21/h3-11H,12-18H2,1-2H3,(H,25,26). The molecule has 2 aromatic rings. The van der Waals surface area contributed by atoms with Crippen LogP contribution in [0.5, 0.6) is 0 Å². The molecule has 6 nitrogen and oxygen atoms in total. The van der Waals surface area contributed by atoms with Crippen molar-refractivity contribution in [3.05, 3.63) is 66.0 Å². The number of carbonyl (C=O) groups is 1. The molecule has 3 rings (SSSR count). The number of piperazine rings is 1. The average Bonchev–Trinajstić information content (AvgIpc) is 2.78. The highest BCUT2D eigenvalue weighted by molar-refractivity contribution is 5.81. The molecule has 1 heterocycles. The molecular weight excluding hydrogens is 381 g/mol. The third-order valence-corrected chi connectivity index (χ3v) is 5.29. The number of carbonyl (C=O) groups excluding carboxylic acids is 1. The van der Waals surface area contributed by atoms with Crippen LogP contribution in [0, 0.1) is 5.82 Å². The lowest BCUT2D eigenvalue weighted by Crippen LogP contribution is -2.52. The summed E-state index contributed by atoms with van der Waals surface area (Å²) in [7, 11) is 3.59. The maximum atomic E-state index is 13.1. The summed E-state index contributed by atoms with van der Waals surface area (Å²) in [5, 5.41) is 3.31. The number of amides is 1. The lowest BCUT2D eigenvalue weighted by Gasteiger charge is -2.37. The Morgan fingerprint density at radius 2 is 1.73 bits per heavy atom. The first kappa shape index (κ1) is 21.6. The van der Waals surface area contributed by atoms with Crippen LogP contribution in [-0.2, 0) is 11.3 Å². The molecule has 2 aromatic carbocycles. The Kier molecular flexibility index (Phi) is 7.65. The molecule has 0 radical (unpaired) electrons. The van der Waals surface area contributed by atoms with Gasteiger partial charge in [-0.3, -0.25) is 9.79 Å². The number of halogens is 1. The van der Waals surface area contributed by atoms with Crippen molar-refractivity contribution in [2.75, 3.05) is 51.7 Å². The van der Waals surface area contributed by atoms with Gasteiger partial charge in [0.15, 0.2) is 5.96 Å². The molecule has 1 fully saturated rings. The minimum Gasteiger partial charge on any atom is -0.368 e. The quantitative estimate of drug-likeness (QED) is 0.586. The highest BCUT2D eigenvalue weighted by Crippen LogP contribution is 2.17. The Bertz CT molecular complexity index is 832.